The Kier molecular flexibility index (Phi) is 10.7. The molecule has 2 amide bonds. The number of likely N-dealkylation sites (tertiary alicyclic amines) is 2. The minimum atomic E-state index is -0.169. The normalized spacial score (nSPS) is 16.3. The molecule has 2 aliphatic heterocycles. The van der Waals surface area contributed by atoms with Crippen molar-refractivity contribution in [2.45, 2.75) is 69.4 Å². The third kappa shape index (κ3) is 7.75. The predicted molar refractivity (Wildman–Crippen MR) is 188 cm³/mol. The Hall–Kier alpha value is -3.64. The molecular formula is C35H42N6O4S2. The fraction of sp³-hybridized carbons (Fsp3) is 0.486. The lowest BCUT2D eigenvalue weighted by molar-refractivity contribution is -0.130. The van der Waals surface area contributed by atoms with Crippen LogP contribution >= 0.6 is 23.5 Å². The number of hydrogen-bond acceptors (Lipinski definition) is 8. The summed E-state index contributed by atoms with van der Waals surface area (Å²) in [7, 11) is 0. The van der Waals surface area contributed by atoms with Crippen LogP contribution in [0, 0.1) is 11.8 Å². The highest BCUT2D eigenvalue weighted by Crippen LogP contribution is 2.24. The maximum Gasteiger partial charge on any atom is 0.262 e. The van der Waals surface area contributed by atoms with E-state index in [1.807, 2.05) is 46.2 Å². The van der Waals surface area contributed by atoms with Gasteiger partial charge < -0.3 is 9.80 Å². The SMILES string of the molecule is CC1CCN(C(=O)CSc2nc3ccccc3c(=O)n2CCCn2c(SCC(=O)N3CCC(C)CC3)nc3ccccc3c2=O)CC1. The number of piperidine rings is 2. The first kappa shape index (κ1) is 33.3. The maximum atomic E-state index is 13.7. The summed E-state index contributed by atoms with van der Waals surface area (Å²) < 4.78 is 3.26. The standard InChI is InChI=1S/C35H42N6O4S2/c1-24-12-18-38(19-13-24)30(42)22-46-34-36-28-10-5-3-8-26(28)32(44)40(34)16-7-17-41-33(45)27-9-4-6-11-29(27)37-35(41)47-23-31(43)39-20-14-25(2)15-21-39/h3-6,8-11,24-25H,7,12-23H2,1-2H3. The Morgan fingerprint density at radius 2 is 1.04 bits per heavy atom. The van der Waals surface area contributed by atoms with E-state index in [1.54, 1.807) is 21.3 Å². The Morgan fingerprint density at radius 1 is 0.660 bits per heavy atom. The van der Waals surface area contributed by atoms with Crippen molar-refractivity contribution in [3.8, 4) is 0 Å². The van der Waals surface area contributed by atoms with E-state index in [-0.39, 0.29) is 34.4 Å². The first-order valence-electron chi connectivity index (χ1n) is 16.6. The molecule has 2 aliphatic rings. The lowest BCUT2D eigenvalue weighted by Crippen LogP contribution is -2.39. The molecule has 0 radical (unpaired) electrons. The van der Waals surface area contributed by atoms with Gasteiger partial charge in [-0.05, 0) is 68.2 Å². The molecule has 0 N–H and O–H groups in total. The summed E-state index contributed by atoms with van der Waals surface area (Å²) in [4.78, 5) is 67.0. The third-order valence-electron chi connectivity index (χ3n) is 9.34. The molecule has 2 aromatic carbocycles. The molecule has 2 saturated heterocycles. The third-order valence-corrected chi connectivity index (χ3v) is 11.3. The smallest absolute Gasteiger partial charge is 0.262 e. The van der Waals surface area contributed by atoms with E-state index in [9.17, 15) is 19.2 Å². The lowest BCUT2D eigenvalue weighted by Gasteiger charge is -2.30. The summed E-state index contributed by atoms with van der Waals surface area (Å²) in [5, 5.41) is 2.01. The fourth-order valence-corrected chi connectivity index (χ4v) is 8.10. The molecule has 2 aromatic heterocycles. The molecule has 6 rings (SSSR count). The molecule has 248 valence electrons. The zero-order chi connectivity index (χ0) is 32.9. The molecule has 12 heteroatoms. The van der Waals surface area contributed by atoms with Gasteiger partial charge in [0.05, 0.1) is 33.3 Å². The minimum Gasteiger partial charge on any atom is -0.342 e. The minimum absolute atomic E-state index is 0.0555. The maximum absolute atomic E-state index is 13.7. The average molecular weight is 675 g/mol. The molecule has 10 nitrogen and oxygen atoms in total. The fourth-order valence-electron chi connectivity index (χ4n) is 6.25. The second-order valence-electron chi connectivity index (χ2n) is 12.8. The van der Waals surface area contributed by atoms with E-state index in [2.05, 4.69) is 13.8 Å². The van der Waals surface area contributed by atoms with Crippen molar-refractivity contribution < 1.29 is 9.59 Å². The first-order valence-corrected chi connectivity index (χ1v) is 18.6. The quantitative estimate of drug-likeness (QED) is 0.173. The van der Waals surface area contributed by atoms with Crippen molar-refractivity contribution in [2.24, 2.45) is 11.8 Å². The van der Waals surface area contributed by atoms with Gasteiger partial charge in [0, 0.05) is 39.3 Å². The Balaban J connectivity index is 1.21. The molecule has 4 heterocycles. The molecule has 0 atom stereocenters. The number of fused-ring (bicyclic) bond motifs is 2. The van der Waals surface area contributed by atoms with Crippen molar-refractivity contribution in [1.82, 2.24) is 28.9 Å². The van der Waals surface area contributed by atoms with Crippen molar-refractivity contribution >= 4 is 57.1 Å². The molecule has 0 aliphatic carbocycles. The highest BCUT2D eigenvalue weighted by Gasteiger charge is 2.23. The summed E-state index contributed by atoms with van der Waals surface area (Å²) in [5.41, 5.74) is 0.851. The summed E-state index contributed by atoms with van der Waals surface area (Å²) in [6, 6.07) is 14.5. The van der Waals surface area contributed by atoms with Crippen LogP contribution in [0.5, 0.6) is 0 Å². The number of benzene rings is 2. The number of amides is 2. The van der Waals surface area contributed by atoms with E-state index in [0.717, 1.165) is 51.9 Å². The largest absolute Gasteiger partial charge is 0.342 e. The van der Waals surface area contributed by atoms with Crippen molar-refractivity contribution in [1.29, 1.82) is 0 Å². The van der Waals surface area contributed by atoms with Gasteiger partial charge >= 0.3 is 0 Å². The van der Waals surface area contributed by atoms with Gasteiger partial charge in [0.15, 0.2) is 10.3 Å². The summed E-state index contributed by atoms with van der Waals surface area (Å²) in [6.07, 6.45) is 4.47. The van der Waals surface area contributed by atoms with Crippen LogP contribution in [0.3, 0.4) is 0 Å². The second kappa shape index (κ2) is 15.1. The predicted octanol–water partition coefficient (Wildman–Crippen LogP) is 4.90. The molecule has 0 unspecified atom stereocenters. The number of hydrogen-bond donors (Lipinski definition) is 0. The number of carbonyl (C=O) groups is 2. The molecule has 2 fully saturated rings. The van der Waals surface area contributed by atoms with E-state index in [0.29, 0.717) is 63.5 Å². The summed E-state index contributed by atoms with van der Waals surface area (Å²) in [6.45, 7) is 8.09. The van der Waals surface area contributed by atoms with Gasteiger partial charge in [0.25, 0.3) is 11.1 Å². The van der Waals surface area contributed by atoms with Crippen molar-refractivity contribution in [2.75, 3.05) is 37.7 Å². The number of nitrogens with zero attached hydrogens (tertiary/aromatic N) is 6. The zero-order valence-corrected chi connectivity index (χ0v) is 28.7. The van der Waals surface area contributed by atoms with Crippen molar-refractivity contribution in [3.05, 3.63) is 69.2 Å². The van der Waals surface area contributed by atoms with Crippen LogP contribution < -0.4 is 11.1 Å². The van der Waals surface area contributed by atoms with Crippen LogP contribution in [-0.2, 0) is 22.7 Å². The van der Waals surface area contributed by atoms with Crippen LogP contribution in [0.25, 0.3) is 21.8 Å². The van der Waals surface area contributed by atoms with Gasteiger partial charge in [-0.25, -0.2) is 9.97 Å². The Morgan fingerprint density at radius 3 is 1.45 bits per heavy atom. The van der Waals surface area contributed by atoms with Crippen LogP contribution in [0.1, 0.15) is 46.0 Å². The zero-order valence-electron chi connectivity index (χ0n) is 27.1. The summed E-state index contributed by atoms with van der Waals surface area (Å²) in [5.74, 6) is 1.78. The monoisotopic (exact) mass is 674 g/mol. The molecule has 0 bridgehead atoms. The van der Waals surface area contributed by atoms with Gasteiger partial charge in [-0.1, -0.05) is 61.6 Å². The number of thioether (sulfide) groups is 2. The van der Waals surface area contributed by atoms with Gasteiger partial charge in [0.2, 0.25) is 11.8 Å². The van der Waals surface area contributed by atoms with Crippen LogP contribution in [0.4, 0.5) is 0 Å². The molecule has 0 saturated carbocycles. The van der Waals surface area contributed by atoms with Gasteiger partial charge in [-0.15, -0.1) is 0 Å². The van der Waals surface area contributed by atoms with Gasteiger partial charge in [0.1, 0.15) is 0 Å². The average Bonchev–Trinajstić information content (AvgIpc) is 3.09. The number of aromatic nitrogens is 4. The molecule has 4 aromatic rings. The van der Waals surface area contributed by atoms with Gasteiger partial charge in [-0.3, -0.25) is 28.3 Å². The number of rotatable bonds is 10. The highest BCUT2D eigenvalue weighted by atomic mass is 32.2. The van der Waals surface area contributed by atoms with E-state index >= 15 is 0 Å². The van der Waals surface area contributed by atoms with E-state index in [1.165, 1.54) is 23.5 Å². The highest BCUT2D eigenvalue weighted by molar-refractivity contribution is 8.00. The van der Waals surface area contributed by atoms with Crippen LogP contribution in [0.2, 0.25) is 0 Å². The second-order valence-corrected chi connectivity index (χ2v) is 14.7. The van der Waals surface area contributed by atoms with E-state index < -0.39 is 0 Å². The molecule has 0 spiro atoms. The topological polar surface area (TPSA) is 110 Å². The molecular weight excluding hydrogens is 633 g/mol. The number of carbonyl (C=O) groups excluding carboxylic acids is 2. The van der Waals surface area contributed by atoms with Crippen LogP contribution in [-0.4, -0.2) is 78.4 Å². The van der Waals surface area contributed by atoms with Gasteiger partial charge in [-0.2, -0.15) is 0 Å². The Labute approximate surface area is 282 Å². The number of para-hydroxylation sites is 2. The first-order chi connectivity index (χ1) is 22.8. The van der Waals surface area contributed by atoms with Crippen LogP contribution in [0.15, 0.2) is 68.4 Å². The molecule has 47 heavy (non-hydrogen) atoms. The van der Waals surface area contributed by atoms with E-state index in [4.69, 9.17) is 9.97 Å². The summed E-state index contributed by atoms with van der Waals surface area (Å²) >= 11 is 2.58. The van der Waals surface area contributed by atoms with Crippen molar-refractivity contribution in [3.63, 3.8) is 0 Å². The lowest BCUT2D eigenvalue weighted by atomic mass is 9.99. The Bertz CT molecular complexity index is 1740.